The molecule has 1 aliphatic rings. The second kappa shape index (κ2) is 5.61. The first kappa shape index (κ1) is 13.9. The molecule has 19 heavy (non-hydrogen) atoms. The number of carbonyl (C=O) groups is 2. The van der Waals surface area contributed by atoms with Crippen LogP contribution in [0.3, 0.4) is 0 Å². The standard InChI is InChI=1S/C14H16ClNO3/c1-9-4-2-3-5-11(9)13(14(18)19)16-8-10(7-15)6-12(16)17/h2-5,10,13H,6-8H2,1H3,(H,18,19). The molecule has 2 unspecified atom stereocenters. The molecule has 102 valence electrons. The summed E-state index contributed by atoms with van der Waals surface area (Å²) in [5.41, 5.74) is 1.54. The smallest absolute Gasteiger partial charge is 0.331 e. The van der Waals surface area contributed by atoms with Gasteiger partial charge in [-0.05, 0) is 24.0 Å². The number of benzene rings is 1. The molecule has 1 N–H and O–H groups in total. The van der Waals surface area contributed by atoms with E-state index in [2.05, 4.69) is 0 Å². The van der Waals surface area contributed by atoms with Gasteiger partial charge in [-0.15, -0.1) is 11.6 Å². The minimum Gasteiger partial charge on any atom is -0.479 e. The highest BCUT2D eigenvalue weighted by Crippen LogP contribution is 2.31. The summed E-state index contributed by atoms with van der Waals surface area (Å²) in [6, 6.07) is 6.34. The summed E-state index contributed by atoms with van der Waals surface area (Å²) in [4.78, 5) is 25.0. The number of carboxylic acids is 1. The fourth-order valence-corrected chi connectivity index (χ4v) is 2.70. The van der Waals surface area contributed by atoms with Crippen molar-refractivity contribution in [3.8, 4) is 0 Å². The number of aliphatic carboxylic acids is 1. The molecule has 0 aromatic heterocycles. The fourth-order valence-electron chi connectivity index (χ4n) is 2.49. The molecule has 0 aliphatic carbocycles. The van der Waals surface area contributed by atoms with E-state index in [4.69, 9.17) is 11.6 Å². The van der Waals surface area contributed by atoms with Crippen LogP contribution in [0.4, 0.5) is 0 Å². The Balaban J connectivity index is 2.35. The number of rotatable bonds is 4. The number of nitrogens with zero attached hydrogens (tertiary/aromatic N) is 1. The van der Waals surface area contributed by atoms with Crippen LogP contribution in [0.2, 0.25) is 0 Å². The van der Waals surface area contributed by atoms with E-state index in [1.807, 2.05) is 19.1 Å². The van der Waals surface area contributed by atoms with Gasteiger partial charge in [0.25, 0.3) is 0 Å². The topological polar surface area (TPSA) is 57.6 Å². The average Bonchev–Trinajstić information content (AvgIpc) is 2.73. The number of aryl methyl sites for hydroxylation is 1. The minimum absolute atomic E-state index is 0.0417. The maximum absolute atomic E-state index is 12.0. The van der Waals surface area contributed by atoms with Crippen molar-refractivity contribution in [1.29, 1.82) is 0 Å². The molecule has 1 aromatic rings. The Morgan fingerprint density at radius 3 is 2.74 bits per heavy atom. The van der Waals surface area contributed by atoms with Gasteiger partial charge < -0.3 is 10.0 Å². The first-order valence-corrected chi connectivity index (χ1v) is 6.71. The molecule has 1 aromatic carbocycles. The lowest BCUT2D eigenvalue weighted by atomic mass is 10.0. The maximum atomic E-state index is 12.0. The predicted octanol–water partition coefficient (Wildman–Crippen LogP) is 2.21. The molecule has 1 amide bonds. The van der Waals surface area contributed by atoms with Crippen LogP contribution >= 0.6 is 11.6 Å². The van der Waals surface area contributed by atoms with Crippen LogP contribution in [0.5, 0.6) is 0 Å². The average molecular weight is 282 g/mol. The van der Waals surface area contributed by atoms with Gasteiger partial charge in [0.15, 0.2) is 6.04 Å². The van der Waals surface area contributed by atoms with Gasteiger partial charge in [0.1, 0.15) is 0 Å². The normalized spacial score (nSPS) is 20.6. The van der Waals surface area contributed by atoms with Gasteiger partial charge in [0.05, 0.1) is 0 Å². The largest absolute Gasteiger partial charge is 0.479 e. The SMILES string of the molecule is Cc1ccccc1C(C(=O)O)N1CC(CCl)CC1=O. The zero-order valence-electron chi connectivity index (χ0n) is 10.7. The molecule has 5 heteroatoms. The highest BCUT2D eigenvalue weighted by molar-refractivity contribution is 6.18. The summed E-state index contributed by atoms with van der Waals surface area (Å²) in [5, 5.41) is 9.46. The second-order valence-electron chi connectivity index (χ2n) is 4.87. The molecule has 0 saturated carbocycles. The summed E-state index contributed by atoms with van der Waals surface area (Å²) < 4.78 is 0. The highest BCUT2D eigenvalue weighted by atomic mass is 35.5. The van der Waals surface area contributed by atoms with Crippen LogP contribution in [0, 0.1) is 12.8 Å². The molecule has 1 aliphatic heterocycles. The summed E-state index contributed by atoms with van der Waals surface area (Å²) in [6.07, 6.45) is 0.333. The molecule has 0 radical (unpaired) electrons. The van der Waals surface area contributed by atoms with Crippen LogP contribution in [-0.2, 0) is 9.59 Å². The second-order valence-corrected chi connectivity index (χ2v) is 5.18. The van der Waals surface area contributed by atoms with Crippen molar-refractivity contribution in [3.63, 3.8) is 0 Å². The van der Waals surface area contributed by atoms with E-state index in [1.165, 1.54) is 4.90 Å². The fraction of sp³-hybridized carbons (Fsp3) is 0.429. The molecule has 1 saturated heterocycles. The maximum Gasteiger partial charge on any atom is 0.331 e. The lowest BCUT2D eigenvalue weighted by molar-refractivity contribution is -0.148. The van der Waals surface area contributed by atoms with Crippen molar-refractivity contribution in [1.82, 2.24) is 4.90 Å². The Labute approximate surface area is 117 Å². The number of carboxylic acid groups (broad SMARTS) is 1. The third-order valence-corrected chi connectivity index (χ3v) is 3.92. The third kappa shape index (κ3) is 2.73. The number of hydrogen-bond donors (Lipinski definition) is 1. The number of hydrogen-bond acceptors (Lipinski definition) is 2. The van der Waals surface area contributed by atoms with Gasteiger partial charge in [-0.25, -0.2) is 4.79 Å². The van der Waals surface area contributed by atoms with Crippen molar-refractivity contribution in [2.24, 2.45) is 5.92 Å². The Kier molecular flexibility index (Phi) is 4.10. The number of alkyl halides is 1. The van der Waals surface area contributed by atoms with Crippen LogP contribution in [0.1, 0.15) is 23.6 Å². The minimum atomic E-state index is -1.00. The predicted molar refractivity (Wildman–Crippen MR) is 72.1 cm³/mol. The van der Waals surface area contributed by atoms with E-state index >= 15 is 0 Å². The number of likely N-dealkylation sites (tertiary alicyclic amines) is 1. The van der Waals surface area contributed by atoms with E-state index < -0.39 is 12.0 Å². The number of carbonyl (C=O) groups excluding carboxylic acids is 1. The molecule has 2 atom stereocenters. The van der Waals surface area contributed by atoms with E-state index in [0.717, 1.165) is 5.56 Å². The lowest BCUT2D eigenvalue weighted by Crippen LogP contribution is -2.35. The Morgan fingerprint density at radius 1 is 1.53 bits per heavy atom. The molecule has 1 heterocycles. The Bertz CT molecular complexity index is 503. The van der Waals surface area contributed by atoms with E-state index in [-0.39, 0.29) is 11.8 Å². The van der Waals surface area contributed by atoms with Crippen molar-refractivity contribution < 1.29 is 14.7 Å². The van der Waals surface area contributed by atoms with Gasteiger partial charge in [-0.2, -0.15) is 0 Å². The van der Waals surface area contributed by atoms with Gasteiger partial charge in [0.2, 0.25) is 5.91 Å². The number of halogens is 1. The zero-order valence-corrected chi connectivity index (χ0v) is 11.4. The van der Waals surface area contributed by atoms with Crippen molar-refractivity contribution in [2.75, 3.05) is 12.4 Å². The van der Waals surface area contributed by atoms with E-state index in [0.29, 0.717) is 24.4 Å². The van der Waals surface area contributed by atoms with Gasteiger partial charge in [0, 0.05) is 18.8 Å². The van der Waals surface area contributed by atoms with Gasteiger partial charge >= 0.3 is 5.97 Å². The quantitative estimate of drug-likeness (QED) is 0.861. The van der Waals surface area contributed by atoms with E-state index in [9.17, 15) is 14.7 Å². The Hall–Kier alpha value is -1.55. The van der Waals surface area contributed by atoms with Crippen molar-refractivity contribution in [2.45, 2.75) is 19.4 Å². The van der Waals surface area contributed by atoms with Crippen molar-refractivity contribution >= 4 is 23.5 Å². The van der Waals surface area contributed by atoms with Crippen LogP contribution < -0.4 is 0 Å². The van der Waals surface area contributed by atoms with Crippen LogP contribution in [0.15, 0.2) is 24.3 Å². The molecule has 0 spiro atoms. The highest BCUT2D eigenvalue weighted by Gasteiger charge is 2.38. The summed E-state index contributed by atoms with van der Waals surface area (Å²) in [7, 11) is 0. The monoisotopic (exact) mass is 281 g/mol. The van der Waals surface area contributed by atoms with Gasteiger partial charge in [-0.3, -0.25) is 4.79 Å². The van der Waals surface area contributed by atoms with Crippen molar-refractivity contribution in [3.05, 3.63) is 35.4 Å². The molecular formula is C14H16ClNO3. The molecule has 0 bridgehead atoms. The third-order valence-electron chi connectivity index (χ3n) is 3.49. The van der Waals surface area contributed by atoms with Crippen LogP contribution in [-0.4, -0.2) is 34.3 Å². The molecule has 2 rings (SSSR count). The molecular weight excluding hydrogens is 266 g/mol. The van der Waals surface area contributed by atoms with Crippen LogP contribution in [0.25, 0.3) is 0 Å². The summed E-state index contributed by atoms with van der Waals surface area (Å²) in [5.74, 6) is -0.721. The van der Waals surface area contributed by atoms with Gasteiger partial charge in [-0.1, -0.05) is 24.3 Å². The molecule has 4 nitrogen and oxygen atoms in total. The first-order valence-electron chi connectivity index (χ1n) is 6.18. The number of amides is 1. The zero-order chi connectivity index (χ0) is 14.0. The summed E-state index contributed by atoms with van der Waals surface area (Å²) >= 11 is 5.77. The first-order chi connectivity index (χ1) is 9.04. The lowest BCUT2D eigenvalue weighted by Gasteiger charge is -2.26. The Morgan fingerprint density at radius 2 is 2.21 bits per heavy atom. The van der Waals surface area contributed by atoms with E-state index in [1.54, 1.807) is 12.1 Å². The molecule has 1 fully saturated rings. The summed E-state index contributed by atoms with van der Waals surface area (Å²) in [6.45, 7) is 2.26.